The normalized spacial score (nSPS) is 10.8. The van der Waals surface area contributed by atoms with E-state index in [9.17, 15) is 0 Å². The predicted molar refractivity (Wildman–Crippen MR) is 79.9 cm³/mol. The summed E-state index contributed by atoms with van der Waals surface area (Å²) in [6.07, 6.45) is 4.30. The van der Waals surface area contributed by atoms with Gasteiger partial charge in [-0.15, -0.1) is 0 Å². The Morgan fingerprint density at radius 3 is 2.80 bits per heavy atom. The molecule has 0 aliphatic heterocycles. The zero-order valence-electron chi connectivity index (χ0n) is 12.3. The lowest BCUT2D eigenvalue weighted by Gasteiger charge is -2.11. The van der Waals surface area contributed by atoms with Crippen molar-refractivity contribution < 1.29 is 4.74 Å². The van der Waals surface area contributed by atoms with Gasteiger partial charge < -0.3 is 10.1 Å². The Balaban J connectivity index is 2.17. The van der Waals surface area contributed by atoms with Crippen LogP contribution in [0.5, 0.6) is 11.6 Å². The maximum Gasteiger partial charge on any atom is 0.219 e. The fraction of sp³-hybridized carbons (Fsp3) is 0.375. The Hall–Kier alpha value is -1.94. The molecule has 0 bridgehead atoms. The van der Waals surface area contributed by atoms with Crippen LogP contribution in [0.15, 0.2) is 36.7 Å². The Morgan fingerprint density at radius 1 is 1.30 bits per heavy atom. The maximum atomic E-state index is 5.77. The number of pyridine rings is 2. The molecule has 2 aromatic rings. The molecule has 0 saturated heterocycles. The van der Waals surface area contributed by atoms with Crippen LogP contribution in [0.4, 0.5) is 0 Å². The number of aryl methyl sites for hydroxylation is 1. The molecule has 1 N–H and O–H groups in total. The van der Waals surface area contributed by atoms with Gasteiger partial charge in [0.1, 0.15) is 5.75 Å². The highest BCUT2D eigenvalue weighted by molar-refractivity contribution is 5.29. The first-order chi connectivity index (χ1) is 9.67. The fourth-order valence-electron chi connectivity index (χ4n) is 1.81. The lowest BCUT2D eigenvalue weighted by Crippen LogP contribution is -2.22. The summed E-state index contributed by atoms with van der Waals surface area (Å²) in [7, 11) is 0. The van der Waals surface area contributed by atoms with Crippen molar-refractivity contribution in [2.24, 2.45) is 0 Å². The van der Waals surface area contributed by atoms with Crippen molar-refractivity contribution in [1.82, 2.24) is 15.3 Å². The van der Waals surface area contributed by atoms with Crippen LogP contribution >= 0.6 is 0 Å². The third-order valence-corrected chi connectivity index (χ3v) is 2.85. The first-order valence-corrected chi connectivity index (χ1v) is 6.98. The number of hydrogen-bond donors (Lipinski definition) is 1. The van der Waals surface area contributed by atoms with E-state index in [-0.39, 0.29) is 0 Å². The highest BCUT2D eigenvalue weighted by atomic mass is 16.5. The van der Waals surface area contributed by atoms with Crippen LogP contribution in [0.25, 0.3) is 0 Å². The van der Waals surface area contributed by atoms with E-state index in [1.165, 1.54) is 5.56 Å². The quantitative estimate of drug-likeness (QED) is 0.875. The first-order valence-electron chi connectivity index (χ1n) is 6.98. The van der Waals surface area contributed by atoms with E-state index in [0.29, 0.717) is 17.7 Å². The summed E-state index contributed by atoms with van der Waals surface area (Å²) >= 11 is 0. The number of nitrogens with one attached hydrogen (secondary N) is 1. The molecule has 0 fully saturated rings. The number of hydrogen-bond acceptors (Lipinski definition) is 4. The molecule has 0 spiro atoms. The molecule has 0 atom stereocenters. The predicted octanol–water partition coefficient (Wildman–Crippen LogP) is 3.33. The van der Waals surface area contributed by atoms with Crippen LogP contribution in [0, 0.1) is 0 Å². The molecular formula is C16H21N3O. The van der Waals surface area contributed by atoms with Crippen molar-refractivity contribution in [2.75, 3.05) is 0 Å². The van der Waals surface area contributed by atoms with Gasteiger partial charge >= 0.3 is 0 Å². The molecule has 106 valence electrons. The summed E-state index contributed by atoms with van der Waals surface area (Å²) in [6.45, 7) is 7.18. The monoisotopic (exact) mass is 271 g/mol. The van der Waals surface area contributed by atoms with Gasteiger partial charge in [0.25, 0.3) is 0 Å². The van der Waals surface area contributed by atoms with Gasteiger partial charge in [-0.3, -0.25) is 4.98 Å². The molecule has 2 aromatic heterocycles. The van der Waals surface area contributed by atoms with Gasteiger partial charge in [-0.25, -0.2) is 4.98 Å². The molecule has 0 saturated carbocycles. The highest BCUT2D eigenvalue weighted by Crippen LogP contribution is 2.20. The van der Waals surface area contributed by atoms with Gasteiger partial charge in [-0.2, -0.15) is 0 Å². The summed E-state index contributed by atoms with van der Waals surface area (Å²) < 4.78 is 5.77. The Labute approximate surface area is 120 Å². The summed E-state index contributed by atoms with van der Waals surface area (Å²) in [5.74, 6) is 1.33. The van der Waals surface area contributed by atoms with Gasteiger partial charge in [0.15, 0.2) is 0 Å². The molecule has 0 aliphatic rings. The molecule has 0 aromatic carbocycles. The Morgan fingerprint density at radius 2 is 2.15 bits per heavy atom. The molecule has 20 heavy (non-hydrogen) atoms. The first kappa shape index (κ1) is 14.5. The fourth-order valence-corrected chi connectivity index (χ4v) is 1.81. The Kier molecular flexibility index (Phi) is 5.07. The van der Waals surface area contributed by atoms with Crippen molar-refractivity contribution in [3.05, 3.63) is 47.9 Å². The van der Waals surface area contributed by atoms with Gasteiger partial charge in [0, 0.05) is 30.5 Å². The van der Waals surface area contributed by atoms with E-state index in [1.54, 1.807) is 12.4 Å². The molecule has 0 radical (unpaired) electrons. The molecule has 4 heteroatoms. The zero-order chi connectivity index (χ0) is 14.4. The SMILES string of the molecule is CCc1cc(CNC(C)C)cc(Oc2cccnc2)n1. The zero-order valence-corrected chi connectivity index (χ0v) is 12.3. The average Bonchev–Trinajstić information content (AvgIpc) is 2.46. The van der Waals surface area contributed by atoms with E-state index in [1.807, 2.05) is 18.2 Å². The van der Waals surface area contributed by atoms with Crippen LogP contribution in [-0.4, -0.2) is 16.0 Å². The largest absolute Gasteiger partial charge is 0.437 e. The van der Waals surface area contributed by atoms with E-state index in [2.05, 4.69) is 42.1 Å². The van der Waals surface area contributed by atoms with Crippen LogP contribution in [0.1, 0.15) is 32.0 Å². The topological polar surface area (TPSA) is 47.0 Å². The number of nitrogens with zero attached hydrogens (tertiary/aromatic N) is 2. The van der Waals surface area contributed by atoms with E-state index >= 15 is 0 Å². The van der Waals surface area contributed by atoms with Gasteiger partial charge in [-0.1, -0.05) is 20.8 Å². The van der Waals surface area contributed by atoms with Crippen molar-refractivity contribution in [3.8, 4) is 11.6 Å². The second kappa shape index (κ2) is 7.01. The van der Waals surface area contributed by atoms with Crippen molar-refractivity contribution in [2.45, 2.75) is 39.8 Å². The lowest BCUT2D eigenvalue weighted by atomic mass is 10.2. The molecule has 0 unspecified atom stereocenters. The van der Waals surface area contributed by atoms with E-state index in [4.69, 9.17) is 4.74 Å². The second-order valence-corrected chi connectivity index (χ2v) is 4.98. The molecule has 2 rings (SSSR count). The summed E-state index contributed by atoms with van der Waals surface area (Å²) in [6, 6.07) is 8.27. The summed E-state index contributed by atoms with van der Waals surface area (Å²) in [5, 5.41) is 3.41. The molecule has 0 aliphatic carbocycles. The minimum absolute atomic E-state index is 0.455. The van der Waals surface area contributed by atoms with Crippen molar-refractivity contribution in [3.63, 3.8) is 0 Å². The summed E-state index contributed by atoms with van der Waals surface area (Å²) in [5.41, 5.74) is 2.22. The lowest BCUT2D eigenvalue weighted by molar-refractivity contribution is 0.457. The second-order valence-electron chi connectivity index (χ2n) is 4.98. The minimum Gasteiger partial charge on any atom is -0.437 e. The number of ether oxygens (including phenoxy) is 1. The summed E-state index contributed by atoms with van der Waals surface area (Å²) in [4.78, 5) is 8.54. The van der Waals surface area contributed by atoms with Crippen LogP contribution < -0.4 is 10.1 Å². The molecule has 0 amide bonds. The highest BCUT2D eigenvalue weighted by Gasteiger charge is 2.05. The third kappa shape index (κ3) is 4.31. The van der Waals surface area contributed by atoms with Gasteiger partial charge in [0.05, 0.1) is 6.20 Å². The number of rotatable bonds is 6. The number of aromatic nitrogens is 2. The molecule has 4 nitrogen and oxygen atoms in total. The van der Waals surface area contributed by atoms with Crippen molar-refractivity contribution >= 4 is 0 Å². The smallest absolute Gasteiger partial charge is 0.219 e. The van der Waals surface area contributed by atoms with Gasteiger partial charge in [-0.05, 0) is 30.2 Å². The van der Waals surface area contributed by atoms with Crippen molar-refractivity contribution in [1.29, 1.82) is 0 Å². The maximum absolute atomic E-state index is 5.77. The average molecular weight is 271 g/mol. The Bertz CT molecular complexity index is 541. The van der Waals surface area contributed by atoms with Gasteiger partial charge in [0.2, 0.25) is 5.88 Å². The van der Waals surface area contributed by atoms with Crippen LogP contribution in [-0.2, 0) is 13.0 Å². The standard InChI is InChI=1S/C16H21N3O/c1-4-14-8-13(10-18-12(2)3)9-16(19-14)20-15-6-5-7-17-11-15/h5-9,11-12,18H,4,10H2,1-3H3. The van der Waals surface area contributed by atoms with Crippen LogP contribution in [0.3, 0.4) is 0 Å². The molecule has 2 heterocycles. The third-order valence-electron chi connectivity index (χ3n) is 2.85. The van der Waals surface area contributed by atoms with E-state index in [0.717, 1.165) is 18.7 Å². The molecular weight excluding hydrogens is 250 g/mol. The van der Waals surface area contributed by atoms with Crippen LogP contribution in [0.2, 0.25) is 0 Å². The minimum atomic E-state index is 0.455. The van der Waals surface area contributed by atoms with E-state index < -0.39 is 0 Å².